The molecule has 1 aliphatic rings. The van der Waals surface area contributed by atoms with Gasteiger partial charge in [0.15, 0.2) is 5.75 Å². The van der Waals surface area contributed by atoms with E-state index in [1.165, 1.54) is 23.5 Å². The Morgan fingerprint density at radius 3 is 2.75 bits per heavy atom. The summed E-state index contributed by atoms with van der Waals surface area (Å²) in [5, 5.41) is 30.5. The number of nitrogens with one attached hydrogen (secondary N) is 1. The van der Waals surface area contributed by atoms with Gasteiger partial charge in [-0.2, -0.15) is 0 Å². The van der Waals surface area contributed by atoms with Gasteiger partial charge in [-0.05, 0) is 12.1 Å². The van der Waals surface area contributed by atoms with Crippen molar-refractivity contribution < 1.29 is 20.0 Å². The zero-order chi connectivity index (χ0) is 11.7. The van der Waals surface area contributed by atoms with Gasteiger partial charge < -0.3 is 15.1 Å². The summed E-state index contributed by atoms with van der Waals surface area (Å²) in [5.41, 5.74) is 1.78. The minimum atomic E-state index is -0.793. The molecule has 0 atom stereocenters. The van der Waals surface area contributed by atoms with Crippen LogP contribution in [0.15, 0.2) is 24.6 Å². The monoisotopic (exact) mass is 225 g/mol. The Morgan fingerprint density at radius 2 is 2.19 bits per heavy atom. The van der Waals surface area contributed by atoms with E-state index in [-0.39, 0.29) is 5.69 Å². The maximum atomic E-state index is 10.8. The number of nitro groups is 1. The van der Waals surface area contributed by atoms with E-state index in [0.29, 0.717) is 0 Å². The second-order valence-corrected chi connectivity index (χ2v) is 2.92. The highest BCUT2D eigenvalue weighted by molar-refractivity contribution is 5.73. The molecular formula is C8H7N3O5. The van der Waals surface area contributed by atoms with E-state index in [9.17, 15) is 20.3 Å². The molecule has 0 aromatic heterocycles. The maximum Gasteiger partial charge on any atom is 0.339 e. The number of nitro benzene ring substituents is 1. The SMILES string of the molecule is O=[N+]([O-])c1c(N2C=CON2)ccc(O)c1O. The Morgan fingerprint density at radius 1 is 1.44 bits per heavy atom. The molecule has 8 heteroatoms. The van der Waals surface area contributed by atoms with E-state index in [1.54, 1.807) is 0 Å². The number of aromatic hydroxyl groups is 2. The molecule has 0 amide bonds. The zero-order valence-corrected chi connectivity index (χ0v) is 7.82. The van der Waals surface area contributed by atoms with Crippen LogP contribution in [0.5, 0.6) is 11.5 Å². The van der Waals surface area contributed by atoms with Crippen LogP contribution in [0.3, 0.4) is 0 Å². The number of phenols is 2. The number of phenolic OH excluding ortho intramolecular Hbond substituents is 2. The second-order valence-electron chi connectivity index (χ2n) is 2.92. The van der Waals surface area contributed by atoms with Crippen LogP contribution < -0.4 is 10.6 Å². The highest BCUT2D eigenvalue weighted by Gasteiger charge is 2.27. The van der Waals surface area contributed by atoms with E-state index >= 15 is 0 Å². The van der Waals surface area contributed by atoms with Gasteiger partial charge in [-0.1, -0.05) is 5.59 Å². The molecule has 0 saturated carbocycles. The summed E-state index contributed by atoms with van der Waals surface area (Å²) < 4.78 is 0. The third-order valence-corrected chi connectivity index (χ3v) is 1.98. The summed E-state index contributed by atoms with van der Waals surface area (Å²) in [7, 11) is 0. The van der Waals surface area contributed by atoms with Gasteiger partial charge >= 0.3 is 5.69 Å². The molecule has 8 nitrogen and oxygen atoms in total. The molecule has 0 aliphatic carbocycles. The first kappa shape index (κ1) is 10.1. The Balaban J connectivity index is 2.56. The number of anilines is 1. The molecule has 0 spiro atoms. The van der Waals surface area contributed by atoms with Crippen molar-refractivity contribution in [2.24, 2.45) is 0 Å². The number of hydrazine groups is 1. The number of benzene rings is 1. The van der Waals surface area contributed by atoms with E-state index in [2.05, 4.69) is 10.4 Å². The molecule has 0 unspecified atom stereocenters. The average Bonchev–Trinajstić information content (AvgIpc) is 2.74. The zero-order valence-electron chi connectivity index (χ0n) is 7.82. The van der Waals surface area contributed by atoms with Crippen LogP contribution in [0.25, 0.3) is 0 Å². The van der Waals surface area contributed by atoms with Crippen molar-refractivity contribution in [3.05, 3.63) is 34.7 Å². The van der Waals surface area contributed by atoms with E-state index in [4.69, 9.17) is 0 Å². The van der Waals surface area contributed by atoms with Crippen LogP contribution in [-0.4, -0.2) is 15.1 Å². The molecule has 0 saturated heterocycles. The summed E-state index contributed by atoms with van der Waals surface area (Å²) in [6, 6.07) is 2.42. The molecule has 0 radical (unpaired) electrons. The van der Waals surface area contributed by atoms with Gasteiger partial charge in [-0.3, -0.25) is 10.1 Å². The Hall–Kier alpha value is -2.48. The van der Waals surface area contributed by atoms with Gasteiger partial charge in [0.1, 0.15) is 11.9 Å². The predicted molar refractivity (Wildman–Crippen MR) is 52.3 cm³/mol. The lowest BCUT2D eigenvalue weighted by Crippen LogP contribution is -2.27. The van der Waals surface area contributed by atoms with Crippen LogP contribution >= 0.6 is 0 Å². The van der Waals surface area contributed by atoms with Gasteiger partial charge in [0.25, 0.3) is 0 Å². The summed E-state index contributed by atoms with van der Waals surface area (Å²) in [4.78, 5) is 14.6. The molecule has 0 fully saturated rings. The molecule has 16 heavy (non-hydrogen) atoms. The summed E-state index contributed by atoms with van der Waals surface area (Å²) in [6.07, 6.45) is 2.66. The molecular weight excluding hydrogens is 218 g/mol. The molecule has 2 rings (SSSR count). The van der Waals surface area contributed by atoms with Crippen molar-refractivity contribution in [1.29, 1.82) is 0 Å². The minimum Gasteiger partial charge on any atom is -0.504 e. The predicted octanol–water partition coefficient (Wildman–Crippen LogP) is 0.733. The summed E-state index contributed by atoms with van der Waals surface area (Å²) in [5.74, 6) is -1.34. The molecule has 1 aromatic rings. The van der Waals surface area contributed by atoms with Crippen LogP contribution in [0.2, 0.25) is 0 Å². The Kier molecular flexibility index (Phi) is 2.25. The average molecular weight is 225 g/mol. The van der Waals surface area contributed by atoms with Crippen LogP contribution in [-0.2, 0) is 4.84 Å². The number of rotatable bonds is 2. The largest absolute Gasteiger partial charge is 0.504 e. The number of hydrogen-bond donors (Lipinski definition) is 3. The first-order valence-electron chi connectivity index (χ1n) is 4.18. The van der Waals surface area contributed by atoms with Crippen LogP contribution in [0, 0.1) is 10.1 Å². The van der Waals surface area contributed by atoms with Crippen molar-refractivity contribution in [2.45, 2.75) is 0 Å². The quantitative estimate of drug-likeness (QED) is 0.386. The molecule has 84 valence electrons. The van der Waals surface area contributed by atoms with Crippen molar-refractivity contribution in [3.63, 3.8) is 0 Å². The highest BCUT2D eigenvalue weighted by Crippen LogP contribution is 2.42. The van der Waals surface area contributed by atoms with Gasteiger partial charge in [-0.15, -0.1) is 0 Å². The molecule has 0 bridgehead atoms. The van der Waals surface area contributed by atoms with Crippen LogP contribution in [0.1, 0.15) is 0 Å². The van der Waals surface area contributed by atoms with Gasteiger partial charge in [0.05, 0.1) is 11.1 Å². The fourth-order valence-corrected chi connectivity index (χ4v) is 1.27. The normalized spacial score (nSPS) is 13.9. The van der Waals surface area contributed by atoms with Gasteiger partial charge in [0, 0.05) is 0 Å². The smallest absolute Gasteiger partial charge is 0.339 e. The second kappa shape index (κ2) is 3.59. The lowest BCUT2D eigenvalue weighted by Gasteiger charge is -2.14. The first-order valence-corrected chi connectivity index (χ1v) is 4.18. The van der Waals surface area contributed by atoms with Crippen molar-refractivity contribution >= 4 is 11.4 Å². The summed E-state index contributed by atoms with van der Waals surface area (Å²) >= 11 is 0. The van der Waals surface area contributed by atoms with Crippen LogP contribution in [0.4, 0.5) is 11.4 Å². The van der Waals surface area contributed by atoms with Crippen molar-refractivity contribution in [2.75, 3.05) is 5.01 Å². The fraction of sp³-hybridized carbons (Fsp3) is 0. The molecule has 1 aliphatic heterocycles. The molecule has 1 heterocycles. The fourth-order valence-electron chi connectivity index (χ4n) is 1.27. The molecule has 3 N–H and O–H groups in total. The van der Waals surface area contributed by atoms with E-state index < -0.39 is 22.1 Å². The summed E-state index contributed by atoms with van der Waals surface area (Å²) in [6.45, 7) is 0. The van der Waals surface area contributed by atoms with E-state index in [0.717, 1.165) is 6.07 Å². The van der Waals surface area contributed by atoms with Crippen molar-refractivity contribution in [3.8, 4) is 11.5 Å². The minimum absolute atomic E-state index is 0.0500. The molecule has 1 aromatic carbocycles. The van der Waals surface area contributed by atoms with Gasteiger partial charge in [-0.25, -0.2) is 5.01 Å². The third kappa shape index (κ3) is 1.46. The maximum absolute atomic E-state index is 10.8. The standard InChI is InChI=1S/C8H7N3O5/c12-6-2-1-5(10-3-4-16-9-10)7(8(6)13)11(14)15/h1-4,9,12-13H. The highest BCUT2D eigenvalue weighted by atomic mass is 16.7. The Bertz CT molecular complexity index is 473. The third-order valence-electron chi connectivity index (χ3n) is 1.98. The number of nitrogens with zero attached hydrogens (tertiary/aromatic N) is 2. The first-order chi connectivity index (χ1) is 7.61. The lowest BCUT2D eigenvalue weighted by atomic mass is 10.2. The number of hydrogen-bond acceptors (Lipinski definition) is 7. The van der Waals surface area contributed by atoms with E-state index in [1.807, 2.05) is 0 Å². The van der Waals surface area contributed by atoms with Crippen molar-refractivity contribution in [1.82, 2.24) is 5.59 Å². The topological polar surface area (TPSA) is 108 Å². The lowest BCUT2D eigenvalue weighted by molar-refractivity contribution is -0.385. The van der Waals surface area contributed by atoms with Gasteiger partial charge in [0.2, 0.25) is 5.75 Å². The Labute approximate surface area is 89.1 Å².